The van der Waals surface area contributed by atoms with Crippen molar-refractivity contribution in [1.29, 1.82) is 0 Å². The van der Waals surface area contributed by atoms with Crippen LogP contribution in [0, 0.1) is 6.04 Å². The zero-order chi connectivity index (χ0) is 5.98. The van der Waals surface area contributed by atoms with E-state index in [1.807, 2.05) is 12.3 Å². The normalized spacial score (nSPS) is 20.0. The van der Waals surface area contributed by atoms with Gasteiger partial charge in [-0.3, -0.25) is 0 Å². The van der Waals surface area contributed by atoms with Crippen LogP contribution >= 0.6 is 0 Å². The molecular weight excluding hydrogens is 98.1 g/mol. The SMILES string of the molecule is C[C]1NC=CC=C1C. The van der Waals surface area contributed by atoms with Crippen molar-refractivity contribution < 1.29 is 0 Å². The Kier molecular flexibility index (Phi) is 1.38. The molecule has 0 amide bonds. The van der Waals surface area contributed by atoms with Crippen LogP contribution in [0.5, 0.6) is 0 Å². The number of dihydropyridines is 1. The largest absolute Gasteiger partial charge is 0.379 e. The van der Waals surface area contributed by atoms with Gasteiger partial charge in [-0.05, 0) is 31.7 Å². The van der Waals surface area contributed by atoms with Gasteiger partial charge >= 0.3 is 0 Å². The van der Waals surface area contributed by atoms with E-state index < -0.39 is 0 Å². The van der Waals surface area contributed by atoms with Gasteiger partial charge in [0.1, 0.15) is 0 Å². The lowest BCUT2D eigenvalue weighted by molar-refractivity contribution is 0.882. The fraction of sp³-hybridized carbons (Fsp3) is 0.286. The van der Waals surface area contributed by atoms with E-state index in [4.69, 9.17) is 0 Å². The Morgan fingerprint density at radius 2 is 2.12 bits per heavy atom. The lowest BCUT2D eigenvalue weighted by atomic mass is 10.1. The first-order valence-electron chi connectivity index (χ1n) is 2.74. The Bertz CT molecular complexity index is 133. The summed E-state index contributed by atoms with van der Waals surface area (Å²) in [5, 5.41) is 3.10. The molecule has 0 bridgehead atoms. The Labute approximate surface area is 50.1 Å². The van der Waals surface area contributed by atoms with E-state index in [0.29, 0.717) is 0 Å². The third kappa shape index (κ3) is 0.915. The molecule has 0 saturated heterocycles. The van der Waals surface area contributed by atoms with E-state index >= 15 is 0 Å². The Morgan fingerprint density at radius 1 is 1.38 bits per heavy atom. The standard InChI is InChI=1S/C7H10N/c1-6-4-3-5-8-7(6)2/h3-5,8H,1-2H3. The van der Waals surface area contributed by atoms with Gasteiger partial charge < -0.3 is 5.32 Å². The summed E-state index contributed by atoms with van der Waals surface area (Å²) < 4.78 is 0. The summed E-state index contributed by atoms with van der Waals surface area (Å²) in [4.78, 5) is 0. The molecule has 1 heteroatoms. The van der Waals surface area contributed by atoms with Crippen LogP contribution in [0.1, 0.15) is 13.8 Å². The monoisotopic (exact) mass is 108 g/mol. The van der Waals surface area contributed by atoms with Crippen molar-refractivity contribution in [3.63, 3.8) is 0 Å². The summed E-state index contributed by atoms with van der Waals surface area (Å²) in [7, 11) is 0. The molecule has 1 N–H and O–H groups in total. The zero-order valence-corrected chi connectivity index (χ0v) is 5.23. The molecule has 1 rings (SSSR count). The number of hydrogen-bond acceptors (Lipinski definition) is 1. The van der Waals surface area contributed by atoms with Crippen molar-refractivity contribution in [2.75, 3.05) is 0 Å². The molecule has 1 aliphatic rings. The molecule has 0 unspecified atom stereocenters. The van der Waals surface area contributed by atoms with Crippen LogP contribution in [0.25, 0.3) is 0 Å². The van der Waals surface area contributed by atoms with Crippen molar-refractivity contribution in [2.45, 2.75) is 13.8 Å². The van der Waals surface area contributed by atoms with Gasteiger partial charge in [0.2, 0.25) is 0 Å². The van der Waals surface area contributed by atoms with Gasteiger partial charge in [0.15, 0.2) is 0 Å². The van der Waals surface area contributed by atoms with Crippen LogP contribution in [0.3, 0.4) is 0 Å². The first-order chi connectivity index (χ1) is 3.80. The second-order valence-electron chi connectivity index (χ2n) is 1.98. The van der Waals surface area contributed by atoms with Gasteiger partial charge in [0.25, 0.3) is 0 Å². The fourth-order valence-corrected chi connectivity index (χ4v) is 0.604. The van der Waals surface area contributed by atoms with E-state index in [-0.39, 0.29) is 0 Å². The molecule has 1 radical (unpaired) electrons. The van der Waals surface area contributed by atoms with Gasteiger partial charge in [0.05, 0.1) is 6.04 Å². The van der Waals surface area contributed by atoms with Gasteiger partial charge in [-0.25, -0.2) is 0 Å². The molecule has 1 aliphatic heterocycles. The smallest absolute Gasteiger partial charge is 0.0819 e. The topological polar surface area (TPSA) is 12.0 Å². The van der Waals surface area contributed by atoms with E-state index in [1.165, 1.54) is 11.6 Å². The van der Waals surface area contributed by atoms with E-state index in [9.17, 15) is 0 Å². The molecule has 0 saturated carbocycles. The first-order valence-corrected chi connectivity index (χ1v) is 2.74. The third-order valence-corrected chi connectivity index (χ3v) is 1.33. The van der Waals surface area contributed by atoms with Crippen molar-refractivity contribution >= 4 is 0 Å². The molecule has 0 spiro atoms. The number of nitrogens with one attached hydrogen (secondary N) is 1. The first kappa shape index (κ1) is 5.42. The second kappa shape index (κ2) is 2.03. The highest BCUT2D eigenvalue weighted by atomic mass is 14.9. The molecule has 0 aliphatic carbocycles. The summed E-state index contributed by atoms with van der Waals surface area (Å²) in [5.74, 6) is 0. The molecule has 1 nitrogen and oxygen atoms in total. The van der Waals surface area contributed by atoms with Crippen LogP contribution in [0.2, 0.25) is 0 Å². The summed E-state index contributed by atoms with van der Waals surface area (Å²) in [6, 6.07) is 1.24. The number of allylic oxidation sites excluding steroid dienone is 2. The average molecular weight is 108 g/mol. The number of hydrogen-bond donors (Lipinski definition) is 1. The van der Waals surface area contributed by atoms with Crippen molar-refractivity contribution in [2.24, 2.45) is 0 Å². The van der Waals surface area contributed by atoms with Crippen molar-refractivity contribution in [1.82, 2.24) is 5.32 Å². The van der Waals surface area contributed by atoms with Gasteiger partial charge in [0, 0.05) is 0 Å². The van der Waals surface area contributed by atoms with Crippen LogP contribution in [0.4, 0.5) is 0 Å². The fourth-order valence-electron chi connectivity index (χ4n) is 0.604. The molecular formula is C7H10N. The minimum absolute atomic E-state index is 1.24. The predicted molar refractivity (Wildman–Crippen MR) is 34.9 cm³/mol. The maximum Gasteiger partial charge on any atom is 0.0819 e. The molecule has 1 heterocycles. The minimum atomic E-state index is 1.24. The highest BCUT2D eigenvalue weighted by Gasteiger charge is 2.02. The average Bonchev–Trinajstić information content (AvgIpc) is 1.77. The van der Waals surface area contributed by atoms with Crippen LogP contribution in [0.15, 0.2) is 23.9 Å². The highest BCUT2D eigenvalue weighted by molar-refractivity contribution is 5.28. The van der Waals surface area contributed by atoms with Crippen LogP contribution in [-0.4, -0.2) is 0 Å². The summed E-state index contributed by atoms with van der Waals surface area (Å²) in [6.07, 6.45) is 6.02. The van der Waals surface area contributed by atoms with E-state index in [1.54, 1.807) is 0 Å². The summed E-state index contributed by atoms with van der Waals surface area (Å²) in [5.41, 5.74) is 1.31. The minimum Gasteiger partial charge on any atom is -0.379 e. The molecule has 0 aromatic carbocycles. The summed E-state index contributed by atoms with van der Waals surface area (Å²) in [6.45, 7) is 4.15. The second-order valence-corrected chi connectivity index (χ2v) is 1.98. The molecule has 0 fully saturated rings. The highest BCUT2D eigenvalue weighted by Crippen LogP contribution is 2.10. The Balaban J connectivity index is 2.66. The zero-order valence-electron chi connectivity index (χ0n) is 5.23. The maximum atomic E-state index is 3.10. The van der Waals surface area contributed by atoms with Crippen LogP contribution < -0.4 is 5.32 Å². The Hall–Kier alpha value is -0.720. The lowest BCUT2D eigenvalue weighted by Gasteiger charge is -2.13. The van der Waals surface area contributed by atoms with Crippen LogP contribution in [-0.2, 0) is 0 Å². The number of rotatable bonds is 0. The van der Waals surface area contributed by atoms with Crippen molar-refractivity contribution in [3.8, 4) is 0 Å². The predicted octanol–water partition coefficient (Wildman–Crippen LogP) is 1.60. The summed E-state index contributed by atoms with van der Waals surface area (Å²) >= 11 is 0. The molecule has 8 heavy (non-hydrogen) atoms. The van der Waals surface area contributed by atoms with Gasteiger partial charge in [-0.1, -0.05) is 6.08 Å². The quantitative estimate of drug-likeness (QED) is 0.497. The molecule has 43 valence electrons. The van der Waals surface area contributed by atoms with Crippen molar-refractivity contribution in [3.05, 3.63) is 30.0 Å². The maximum absolute atomic E-state index is 3.10. The molecule has 0 aromatic heterocycles. The van der Waals surface area contributed by atoms with Gasteiger partial charge in [-0.2, -0.15) is 0 Å². The van der Waals surface area contributed by atoms with E-state index in [2.05, 4.69) is 25.2 Å². The molecule has 0 atom stereocenters. The Morgan fingerprint density at radius 3 is 2.50 bits per heavy atom. The van der Waals surface area contributed by atoms with Gasteiger partial charge in [-0.15, -0.1) is 0 Å². The molecule has 0 aromatic rings. The third-order valence-electron chi connectivity index (χ3n) is 1.33. The lowest BCUT2D eigenvalue weighted by Crippen LogP contribution is -2.14. The van der Waals surface area contributed by atoms with E-state index in [0.717, 1.165) is 0 Å².